The van der Waals surface area contributed by atoms with Crippen molar-refractivity contribution in [1.29, 1.82) is 0 Å². The fraction of sp³-hybridized carbons (Fsp3) is 0.409. The molecule has 1 amide bonds. The van der Waals surface area contributed by atoms with Crippen LogP contribution >= 0.6 is 0 Å². The van der Waals surface area contributed by atoms with Gasteiger partial charge in [-0.2, -0.15) is 5.10 Å². The number of hydrogen-bond acceptors (Lipinski definition) is 3. The van der Waals surface area contributed by atoms with Crippen molar-refractivity contribution in [2.75, 3.05) is 6.54 Å². The average Bonchev–Trinajstić information content (AvgIpc) is 3.29. The number of aryl methyl sites for hydroxylation is 1. The van der Waals surface area contributed by atoms with E-state index in [1.54, 1.807) is 0 Å². The number of likely N-dealkylation sites (tertiary alicyclic amines) is 1. The first kappa shape index (κ1) is 18.2. The van der Waals surface area contributed by atoms with Crippen LogP contribution in [0, 0.1) is 6.92 Å². The van der Waals surface area contributed by atoms with Crippen LogP contribution in [0.1, 0.15) is 76.9 Å². The van der Waals surface area contributed by atoms with E-state index in [-0.39, 0.29) is 29.2 Å². The van der Waals surface area contributed by atoms with E-state index in [2.05, 4.69) is 22.2 Å². The second-order valence-electron chi connectivity index (χ2n) is 8.04. The molecular formula is C22H22F2N4O. The highest BCUT2D eigenvalue weighted by atomic mass is 19.3. The van der Waals surface area contributed by atoms with Crippen molar-refractivity contribution in [3.8, 4) is 0 Å². The van der Waals surface area contributed by atoms with Gasteiger partial charge in [0.1, 0.15) is 11.3 Å². The lowest BCUT2D eigenvalue weighted by atomic mass is 10.0. The molecule has 0 bridgehead atoms. The number of rotatable bonds is 4. The normalized spacial score (nSPS) is 19.4. The number of carbonyl (C=O) groups is 1. The third-order valence-electron chi connectivity index (χ3n) is 5.94. The molecule has 0 unspecified atom stereocenters. The third-order valence-corrected chi connectivity index (χ3v) is 5.94. The summed E-state index contributed by atoms with van der Waals surface area (Å²) in [7, 11) is 0. The maximum absolute atomic E-state index is 13.6. The number of hydrogen-bond donors (Lipinski definition) is 0. The Bertz CT molecular complexity index is 1070. The first-order valence-electron chi connectivity index (χ1n) is 10.1. The predicted molar refractivity (Wildman–Crippen MR) is 104 cm³/mol. The number of carbonyl (C=O) groups excluding carboxylic acids is 1. The summed E-state index contributed by atoms with van der Waals surface area (Å²) in [6.07, 6.45) is 2.41. The molecule has 2 aromatic heterocycles. The molecule has 2 fully saturated rings. The first-order chi connectivity index (χ1) is 14.0. The molecule has 0 N–H and O–H groups in total. The van der Waals surface area contributed by atoms with Gasteiger partial charge in [0.2, 0.25) is 0 Å². The monoisotopic (exact) mass is 396 g/mol. The van der Waals surface area contributed by atoms with Crippen molar-refractivity contribution >= 4 is 11.6 Å². The zero-order valence-electron chi connectivity index (χ0n) is 16.2. The van der Waals surface area contributed by atoms with E-state index in [0.717, 1.165) is 35.8 Å². The molecule has 0 radical (unpaired) electrons. The first-order valence-corrected chi connectivity index (χ1v) is 10.1. The molecule has 1 aromatic carbocycles. The van der Waals surface area contributed by atoms with E-state index in [4.69, 9.17) is 0 Å². The van der Waals surface area contributed by atoms with Crippen LogP contribution in [-0.4, -0.2) is 31.9 Å². The fourth-order valence-electron chi connectivity index (χ4n) is 4.20. The van der Waals surface area contributed by atoms with Crippen LogP contribution in [0.2, 0.25) is 0 Å². The molecular weight excluding hydrogens is 374 g/mol. The number of benzene rings is 1. The minimum atomic E-state index is -2.67. The zero-order chi connectivity index (χ0) is 20.1. The van der Waals surface area contributed by atoms with E-state index >= 15 is 0 Å². The predicted octanol–water partition coefficient (Wildman–Crippen LogP) is 4.83. The van der Waals surface area contributed by atoms with Gasteiger partial charge in [-0.1, -0.05) is 29.8 Å². The van der Waals surface area contributed by atoms with Gasteiger partial charge < -0.3 is 4.90 Å². The van der Waals surface area contributed by atoms with Gasteiger partial charge in [-0.05, 0) is 44.2 Å². The molecule has 2 aliphatic rings. The van der Waals surface area contributed by atoms with Crippen LogP contribution in [0.5, 0.6) is 0 Å². The maximum atomic E-state index is 13.6. The van der Waals surface area contributed by atoms with Gasteiger partial charge in [0.05, 0.1) is 12.2 Å². The molecule has 1 aliphatic heterocycles. The lowest BCUT2D eigenvalue weighted by Crippen LogP contribution is -2.30. The highest BCUT2D eigenvalue weighted by molar-refractivity contribution is 6.00. The summed E-state index contributed by atoms with van der Waals surface area (Å²) >= 11 is 0. The maximum Gasteiger partial charge on any atom is 0.280 e. The molecule has 7 heteroatoms. The van der Waals surface area contributed by atoms with Crippen molar-refractivity contribution < 1.29 is 13.6 Å². The fourth-order valence-corrected chi connectivity index (χ4v) is 4.20. The number of nitrogens with zero attached hydrogens (tertiary/aromatic N) is 4. The summed E-state index contributed by atoms with van der Waals surface area (Å²) in [5.41, 5.74) is 3.24. The molecule has 150 valence electrons. The van der Waals surface area contributed by atoms with Crippen LogP contribution < -0.4 is 0 Å². The quantitative estimate of drug-likeness (QED) is 0.635. The molecule has 5 nitrogen and oxygen atoms in total. The number of alkyl halides is 2. The van der Waals surface area contributed by atoms with Crippen LogP contribution in [-0.2, 0) is 0 Å². The molecule has 5 rings (SSSR count). The molecule has 1 saturated carbocycles. The Morgan fingerprint density at radius 1 is 1.17 bits per heavy atom. The summed E-state index contributed by atoms with van der Waals surface area (Å²) in [6, 6.07) is 9.62. The molecule has 0 spiro atoms. The van der Waals surface area contributed by atoms with Gasteiger partial charge in [0.25, 0.3) is 12.3 Å². The Balaban J connectivity index is 1.54. The number of fused-ring (bicyclic) bond motifs is 1. The lowest BCUT2D eigenvalue weighted by Gasteiger charge is -2.25. The van der Waals surface area contributed by atoms with Crippen molar-refractivity contribution in [2.45, 2.75) is 51.0 Å². The summed E-state index contributed by atoms with van der Waals surface area (Å²) in [5.74, 6) is 0.0196. The van der Waals surface area contributed by atoms with Crippen molar-refractivity contribution in [1.82, 2.24) is 19.5 Å². The minimum Gasteiger partial charge on any atom is -0.331 e. The SMILES string of the molecule is Cc1ccc([C@@H]2CCCN2C(=O)c2cnn3c(C(F)F)cc(C4CC4)nc23)cc1. The number of aromatic nitrogens is 3. The molecule has 1 atom stereocenters. The summed E-state index contributed by atoms with van der Waals surface area (Å²) in [4.78, 5) is 19.8. The van der Waals surface area contributed by atoms with Crippen LogP contribution in [0.15, 0.2) is 36.5 Å². The highest BCUT2D eigenvalue weighted by Gasteiger charge is 2.34. The van der Waals surface area contributed by atoms with Crippen LogP contribution in [0.3, 0.4) is 0 Å². The molecule has 1 saturated heterocycles. The van der Waals surface area contributed by atoms with Gasteiger partial charge >= 0.3 is 0 Å². The molecule has 3 aromatic rings. The highest BCUT2D eigenvalue weighted by Crippen LogP contribution is 2.40. The Morgan fingerprint density at radius 2 is 1.93 bits per heavy atom. The topological polar surface area (TPSA) is 50.5 Å². The van der Waals surface area contributed by atoms with E-state index < -0.39 is 6.43 Å². The van der Waals surface area contributed by atoms with Crippen molar-refractivity contribution in [3.63, 3.8) is 0 Å². The second kappa shape index (κ2) is 6.90. The molecule has 29 heavy (non-hydrogen) atoms. The van der Waals surface area contributed by atoms with E-state index in [0.29, 0.717) is 17.8 Å². The third kappa shape index (κ3) is 3.18. The molecule has 3 heterocycles. The second-order valence-corrected chi connectivity index (χ2v) is 8.04. The minimum absolute atomic E-state index is 0.0146. The average molecular weight is 396 g/mol. The Labute approximate surface area is 167 Å². The standard InChI is InChI=1S/C22H22F2N4O/c1-13-4-6-15(7-5-13)18-3-2-10-27(18)22(29)16-12-25-28-19(20(23)24)11-17(14-8-9-14)26-21(16)28/h4-7,11-12,14,18,20H,2-3,8-10H2,1H3/t18-/m0/s1. The summed E-state index contributed by atoms with van der Waals surface area (Å²) in [6.45, 7) is 2.67. The van der Waals surface area contributed by atoms with Gasteiger partial charge in [0, 0.05) is 18.2 Å². The van der Waals surface area contributed by atoms with Gasteiger partial charge in [-0.3, -0.25) is 4.79 Å². The largest absolute Gasteiger partial charge is 0.331 e. The van der Waals surface area contributed by atoms with Crippen LogP contribution in [0.25, 0.3) is 5.65 Å². The zero-order valence-corrected chi connectivity index (χ0v) is 16.2. The number of halogens is 2. The Kier molecular flexibility index (Phi) is 4.33. The summed E-state index contributed by atoms with van der Waals surface area (Å²) < 4.78 is 28.3. The van der Waals surface area contributed by atoms with Crippen LogP contribution in [0.4, 0.5) is 8.78 Å². The van der Waals surface area contributed by atoms with Gasteiger partial charge in [0.15, 0.2) is 5.65 Å². The Hall–Kier alpha value is -2.83. The lowest BCUT2D eigenvalue weighted by molar-refractivity contribution is 0.0737. The smallest absolute Gasteiger partial charge is 0.280 e. The molecule has 1 aliphatic carbocycles. The van der Waals surface area contributed by atoms with Gasteiger partial charge in [-0.15, -0.1) is 0 Å². The van der Waals surface area contributed by atoms with E-state index in [1.807, 2.05) is 24.0 Å². The van der Waals surface area contributed by atoms with E-state index in [1.165, 1.54) is 17.8 Å². The van der Waals surface area contributed by atoms with E-state index in [9.17, 15) is 13.6 Å². The summed E-state index contributed by atoms with van der Waals surface area (Å²) in [5, 5.41) is 4.09. The van der Waals surface area contributed by atoms with Gasteiger partial charge in [-0.25, -0.2) is 18.3 Å². The Morgan fingerprint density at radius 3 is 2.62 bits per heavy atom. The van der Waals surface area contributed by atoms with Crippen molar-refractivity contribution in [3.05, 3.63) is 64.6 Å². The number of amides is 1. The van der Waals surface area contributed by atoms with Crippen molar-refractivity contribution in [2.24, 2.45) is 0 Å².